The average molecular weight is 404 g/mol. The fourth-order valence-corrected chi connectivity index (χ4v) is 2.95. The summed E-state index contributed by atoms with van der Waals surface area (Å²) in [7, 11) is 3.11. The minimum Gasteiger partial charge on any atom is -0.504 e. The highest BCUT2D eigenvalue weighted by Crippen LogP contribution is 2.26. The van der Waals surface area contributed by atoms with Gasteiger partial charge in [-0.15, -0.1) is 0 Å². The number of hydrogen-bond acceptors (Lipinski definition) is 5. The van der Waals surface area contributed by atoms with Gasteiger partial charge in [0.05, 0.1) is 14.2 Å². The first-order chi connectivity index (χ1) is 14.6. The summed E-state index contributed by atoms with van der Waals surface area (Å²) in [6.45, 7) is 0.367. The number of carbonyl (C=O) groups excluding carboxylic acids is 1. The lowest BCUT2D eigenvalue weighted by atomic mass is 10.0. The summed E-state index contributed by atoms with van der Waals surface area (Å²) in [5.74, 6) is 1.89. The van der Waals surface area contributed by atoms with Crippen molar-refractivity contribution < 1.29 is 24.1 Å². The number of allylic oxidation sites excluding steroid dienone is 1. The highest BCUT2D eigenvalue weighted by Gasteiger charge is 2.07. The third-order valence-corrected chi connectivity index (χ3v) is 4.60. The van der Waals surface area contributed by atoms with Gasteiger partial charge < -0.3 is 19.3 Å². The van der Waals surface area contributed by atoms with Gasteiger partial charge in [-0.1, -0.05) is 36.4 Å². The molecule has 0 saturated heterocycles. The van der Waals surface area contributed by atoms with Gasteiger partial charge in [-0.2, -0.15) is 0 Å². The lowest BCUT2D eigenvalue weighted by Gasteiger charge is -2.11. The van der Waals surface area contributed by atoms with Crippen molar-refractivity contribution in [2.75, 3.05) is 14.2 Å². The topological polar surface area (TPSA) is 65.0 Å². The summed E-state index contributed by atoms with van der Waals surface area (Å²) < 4.78 is 16.0. The Morgan fingerprint density at radius 1 is 0.900 bits per heavy atom. The van der Waals surface area contributed by atoms with Crippen LogP contribution in [0.25, 0.3) is 6.08 Å². The molecule has 0 unspecified atom stereocenters. The lowest BCUT2D eigenvalue weighted by molar-refractivity contribution is -0.113. The Balaban J connectivity index is 1.63. The second kappa shape index (κ2) is 10.2. The number of methoxy groups -OCH3 is 2. The molecule has 5 heteroatoms. The first-order valence-electron chi connectivity index (χ1n) is 9.50. The molecule has 154 valence electrons. The molecule has 0 aliphatic carbocycles. The largest absolute Gasteiger partial charge is 0.504 e. The number of phenols is 1. The van der Waals surface area contributed by atoms with Crippen LogP contribution >= 0.6 is 0 Å². The molecule has 0 fully saturated rings. The predicted molar refractivity (Wildman–Crippen MR) is 116 cm³/mol. The third-order valence-electron chi connectivity index (χ3n) is 4.60. The first-order valence-corrected chi connectivity index (χ1v) is 9.50. The SMILES string of the molecule is COc1ccc(OCc2ccccc2CC(=O)/C=C/c2ccc(OC)c(O)c2)cc1. The van der Waals surface area contributed by atoms with Crippen LogP contribution in [0.1, 0.15) is 16.7 Å². The van der Waals surface area contributed by atoms with E-state index in [0.29, 0.717) is 12.4 Å². The molecule has 0 saturated carbocycles. The van der Waals surface area contributed by atoms with Crippen molar-refractivity contribution in [1.29, 1.82) is 0 Å². The highest BCUT2D eigenvalue weighted by molar-refractivity contribution is 5.95. The number of aromatic hydroxyl groups is 1. The van der Waals surface area contributed by atoms with Crippen LogP contribution in [0.4, 0.5) is 0 Å². The molecule has 0 aliphatic rings. The second-order valence-electron chi connectivity index (χ2n) is 6.64. The summed E-state index contributed by atoms with van der Waals surface area (Å²) in [5, 5.41) is 9.85. The van der Waals surface area contributed by atoms with Gasteiger partial charge in [0, 0.05) is 6.42 Å². The standard InChI is InChI=1S/C25H24O5/c1-28-22-10-12-23(13-11-22)30-17-20-6-4-3-5-19(20)16-21(26)9-7-18-8-14-25(29-2)24(27)15-18/h3-15,27H,16-17H2,1-2H3/b9-7+. The predicted octanol–water partition coefficient (Wildman–Crippen LogP) is 4.81. The molecular weight excluding hydrogens is 380 g/mol. The Hall–Kier alpha value is -3.73. The van der Waals surface area contributed by atoms with Crippen molar-refractivity contribution in [3.8, 4) is 23.0 Å². The van der Waals surface area contributed by atoms with E-state index in [-0.39, 0.29) is 18.0 Å². The van der Waals surface area contributed by atoms with Gasteiger partial charge in [0.25, 0.3) is 0 Å². The molecule has 0 aliphatic heterocycles. The molecule has 1 N–H and O–H groups in total. The van der Waals surface area contributed by atoms with E-state index in [0.717, 1.165) is 28.2 Å². The number of benzene rings is 3. The maximum absolute atomic E-state index is 12.5. The molecule has 0 radical (unpaired) electrons. The van der Waals surface area contributed by atoms with Crippen molar-refractivity contribution in [2.24, 2.45) is 0 Å². The fraction of sp³-hybridized carbons (Fsp3) is 0.160. The van der Waals surface area contributed by atoms with Crippen LogP contribution in [0.15, 0.2) is 72.8 Å². The Morgan fingerprint density at radius 3 is 2.27 bits per heavy atom. The molecule has 0 amide bonds. The Labute approximate surface area is 176 Å². The molecule has 0 aromatic heterocycles. The maximum atomic E-state index is 12.5. The molecule has 3 rings (SSSR count). The molecule has 3 aromatic carbocycles. The average Bonchev–Trinajstić information content (AvgIpc) is 2.77. The van der Waals surface area contributed by atoms with Crippen molar-refractivity contribution in [3.05, 3.63) is 89.5 Å². The maximum Gasteiger partial charge on any atom is 0.160 e. The van der Waals surface area contributed by atoms with Crippen molar-refractivity contribution in [3.63, 3.8) is 0 Å². The normalized spacial score (nSPS) is 10.7. The van der Waals surface area contributed by atoms with Crippen LogP contribution in [0.5, 0.6) is 23.0 Å². The molecular formula is C25H24O5. The third kappa shape index (κ3) is 5.64. The number of ether oxygens (including phenoxy) is 3. The van der Waals surface area contributed by atoms with Gasteiger partial charge in [0.2, 0.25) is 0 Å². The molecule has 0 spiro atoms. The smallest absolute Gasteiger partial charge is 0.160 e. The molecule has 5 nitrogen and oxygen atoms in total. The summed E-state index contributed by atoms with van der Waals surface area (Å²) in [4.78, 5) is 12.5. The van der Waals surface area contributed by atoms with Gasteiger partial charge in [0.15, 0.2) is 17.3 Å². The lowest BCUT2D eigenvalue weighted by Crippen LogP contribution is -2.05. The van der Waals surface area contributed by atoms with E-state index in [1.807, 2.05) is 48.5 Å². The van der Waals surface area contributed by atoms with Crippen LogP contribution in [-0.2, 0) is 17.8 Å². The number of rotatable bonds is 9. The van der Waals surface area contributed by atoms with Crippen LogP contribution in [0.2, 0.25) is 0 Å². The van der Waals surface area contributed by atoms with Crippen molar-refractivity contribution in [1.82, 2.24) is 0 Å². The zero-order valence-electron chi connectivity index (χ0n) is 17.0. The van der Waals surface area contributed by atoms with Gasteiger partial charge in [-0.25, -0.2) is 0 Å². The Kier molecular flexibility index (Phi) is 7.11. The fourth-order valence-electron chi connectivity index (χ4n) is 2.95. The van der Waals surface area contributed by atoms with E-state index in [1.54, 1.807) is 31.4 Å². The number of phenolic OH excluding ortho intramolecular Hbond substituents is 1. The van der Waals surface area contributed by atoms with Gasteiger partial charge in [-0.3, -0.25) is 4.79 Å². The quantitative estimate of drug-likeness (QED) is 0.518. The summed E-state index contributed by atoms with van der Waals surface area (Å²) in [6, 6.07) is 20.1. The van der Waals surface area contributed by atoms with Crippen LogP contribution in [0, 0.1) is 0 Å². The van der Waals surface area contributed by atoms with E-state index in [2.05, 4.69) is 0 Å². The van der Waals surface area contributed by atoms with Crippen molar-refractivity contribution >= 4 is 11.9 Å². The summed E-state index contributed by atoms with van der Waals surface area (Å²) in [5.41, 5.74) is 2.59. The summed E-state index contributed by atoms with van der Waals surface area (Å²) in [6.07, 6.45) is 3.46. The number of hydrogen-bond donors (Lipinski definition) is 1. The van der Waals surface area contributed by atoms with E-state index in [1.165, 1.54) is 13.2 Å². The van der Waals surface area contributed by atoms with Gasteiger partial charge in [0.1, 0.15) is 18.1 Å². The number of carbonyl (C=O) groups is 1. The van der Waals surface area contributed by atoms with E-state index in [4.69, 9.17) is 14.2 Å². The summed E-state index contributed by atoms with van der Waals surface area (Å²) >= 11 is 0. The molecule has 0 atom stereocenters. The van der Waals surface area contributed by atoms with E-state index in [9.17, 15) is 9.90 Å². The van der Waals surface area contributed by atoms with Gasteiger partial charge in [-0.05, 0) is 59.2 Å². The highest BCUT2D eigenvalue weighted by atomic mass is 16.5. The number of ketones is 1. The van der Waals surface area contributed by atoms with Crippen LogP contribution < -0.4 is 14.2 Å². The molecule has 0 bridgehead atoms. The minimum atomic E-state index is -0.0396. The molecule has 30 heavy (non-hydrogen) atoms. The second-order valence-corrected chi connectivity index (χ2v) is 6.64. The van der Waals surface area contributed by atoms with E-state index < -0.39 is 0 Å². The molecule has 3 aromatic rings. The molecule has 0 heterocycles. The minimum absolute atomic E-state index is 0.0353. The van der Waals surface area contributed by atoms with Crippen molar-refractivity contribution in [2.45, 2.75) is 13.0 Å². The Bertz CT molecular complexity index is 1020. The van der Waals surface area contributed by atoms with E-state index >= 15 is 0 Å². The zero-order chi connectivity index (χ0) is 21.3. The monoisotopic (exact) mass is 404 g/mol. The van der Waals surface area contributed by atoms with Crippen LogP contribution in [0.3, 0.4) is 0 Å². The zero-order valence-corrected chi connectivity index (χ0v) is 17.0. The van der Waals surface area contributed by atoms with Gasteiger partial charge >= 0.3 is 0 Å². The Morgan fingerprint density at radius 2 is 1.60 bits per heavy atom. The van der Waals surface area contributed by atoms with Crippen LogP contribution in [-0.4, -0.2) is 25.1 Å². The first kappa shape index (κ1) is 21.0.